The third kappa shape index (κ3) is 3.41. The molecule has 0 unspecified atom stereocenters. The molecule has 0 fully saturated rings. The van der Waals surface area contributed by atoms with Crippen LogP contribution in [-0.4, -0.2) is 38.0 Å². The third-order valence-corrected chi connectivity index (χ3v) is 7.68. The van der Waals surface area contributed by atoms with Crippen molar-refractivity contribution >= 4 is 15.6 Å². The number of aliphatic hydroxyl groups excluding tert-OH is 1. The Balaban J connectivity index is 1.82. The number of methoxy groups -OCH3 is 1. The van der Waals surface area contributed by atoms with Gasteiger partial charge in [-0.1, -0.05) is 48.5 Å². The Morgan fingerprint density at radius 2 is 1.86 bits per heavy atom. The van der Waals surface area contributed by atoms with Gasteiger partial charge in [-0.3, -0.25) is 0 Å². The molecule has 2 aromatic rings. The highest BCUT2D eigenvalue weighted by Crippen LogP contribution is 2.46. The fourth-order valence-electron chi connectivity index (χ4n) is 4.32. The predicted molar refractivity (Wildman–Crippen MR) is 113 cm³/mol. The van der Waals surface area contributed by atoms with Crippen molar-refractivity contribution in [3.63, 3.8) is 0 Å². The number of benzene rings is 2. The van der Waals surface area contributed by atoms with Crippen LogP contribution in [0.5, 0.6) is 0 Å². The number of ether oxygens (including phenoxy) is 1. The molecule has 0 saturated carbocycles. The highest BCUT2D eigenvalue weighted by Gasteiger charge is 2.40. The standard InChI is InChI=1S/C23H25NO4S/c1-15-8-10-18(11-9-15)29(26,27)24-13-17-12-22(25)19-6-4-5-7-20(19)23(17)21(14-24)16(2)28-3/h4-11,17,22,25H,2,12-14H2,1,3H3/t17-,22-/m0/s1. The van der Waals surface area contributed by atoms with Crippen molar-refractivity contribution in [2.24, 2.45) is 5.92 Å². The lowest BCUT2D eigenvalue weighted by Gasteiger charge is -2.40. The summed E-state index contributed by atoms with van der Waals surface area (Å²) in [5.41, 5.74) is 4.64. The van der Waals surface area contributed by atoms with Crippen LogP contribution >= 0.6 is 0 Å². The quantitative estimate of drug-likeness (QED) is 0.780. The molecule has 0 saturated heterocycles. The van der Waals surface area contributed by atoms with Crippen molar-refractivity contribution in [3.05, 3.63) is 83.1 Å². The molecule has 2 aromatic carbocycles. The Morgan fingerprint density at radius 3 is 2.55 bits per heavy atom. The summed E-state index contributed by atoms with van der Waals surface area (Å²) >= 11 is 0. The minimum Gasteiger partial charge on any atom is -0.497 e. The van der Waals surface area contributed by atoms with Gasteiger partial charge in [0.15, 0.2) is 0 Å². The molecule has 2 aliphatic rings. The molecule has 0 radical (unpaired) electrons. The predicted octanol–water partition coefficient (Wildman–Crippen LogP) is 3.67. The van der Waals surface area contributed by atoms with Crippen molar-refractivity contribution in [3.8, 4) is 0 Å². The zero-order valence-electron chi connectivity index (χ0n) is 16.6. The Kier molecular flexibility index (Phi) is 5.11. The average Bonchev–Trinajstić information content (AvgIpc) is 2.72. The molecule has 0 bridgehead atoms. The minimum atomic E-state index is -3.68. The van der Waals surface area contributed by atoms with E-state index < -0.39 is 16.1 Å². The maximum Gasteiger partial charge on any atom is 0.243 e. The summed E-state index contributed by atoms with van der Waals surface area (Å²) < 4.78 is 33.6. The van der Waals surface area contributed by atoms with Crippen LogP contribution in [0.3, 0.4) is 0 Å². The van der Waals surface area contributed by atoms with Gasteiger partial charge in [-0.15, -0.1) is 0 Å². The highest BCUT2D eigenvalue weighted by atomic mass is 32.2. The molecular formula is C23H25NO4S. The van der Waals surface area contributed by atoms with E-state index in [1.807, 2.05) is 31.2 Å². The van der Waals surface area contributed by atoms with Gasteiger partial charge in [-0.25, -0.2) is 8.42 Å². The average molecular weight is 412 g/mol. The van der Waals surface area contributed by atoms with Crippen LogP contribution in [0, 0.1) is 12.8 Å². The molecule has 5 nitrogen and oxygen atoms in total. The van der Waals surface area contributed by atoms with Gasteiger partial charge < -0.3 is 9.84 Å². The number of aryl methyl sites for hydroxylation is 1. The maximum absolute atomic E-state index is 13.3. The molecule has 29 heavy (non-hydrogen) atoms. The summed E-state index contributed by atoms with van der Waals surface area (Å²) in [6, 6.07) is 14.6. The number of aliphatic hydroxyl groups is 1. The number of hydrogen-bond acceptors (Lipinski definition) is 4. The van der Waals surface area contributed by atoms with E-state index in [-0.39, 0.29) is 17.4 Å². The maximum atomic E-state index is 13.3. The molecule has 1 N–H and O–H groups in total. The van der Waals surface area contributed by atoms with E-state index in [9.17, 15) is 13.5 Å². The topological polar surface area (TPSA) is 66.8 Å². The van der Waals surface area contributed by atoms with Gasteiger partial charge in [0.1, 0.15) is 5.76 Å². The van der Waals surface area contributed by atoms with Crippen molar-refractivity contribution in [2.45, 2.75) is 24.3 Å². The van der Waals surface area contributed by atoms with Crippen LogP contribution in [0.2, 0.25) is 0 Å². The molecule has 2 atom stereocenters. The van der Waals surface area contributed by atoms with E-state index in [0.717, 1.165) is 27.8 Å². The number of sulfonamides is 1. The van der Waals surface area contributed by atoms with E-state index in [0.29, 0.717) is 18.7 Å². The van der Waals surface area contributed by atoms with Crippen molar-refractivity contribution in [1.29, 1.82) is 0 Å². The first-order valence-electron chi connectivity index (χ1n) is 9.63. The lowest BCUT2D eigenvalue weighted by Crippen LogP contribution is -2.43. The number of fused-ring (bicyclic) bond motifs is 3. The zero-order chi connectivity index (χ0) is 20.8. The van der Waals surface area contributed by atoms with Crippen LogP contribution in [0.25, 0.3) is 5.57 Å². The smallest absolute Gasteiger partial charge is 0.243 e. The molecular weight excluding hydrogens is 386 g/mol. The first-order valence-corrected chi connectivity index (χ1v) is 11.1. The minimum absolute atomic E-state index is 0.129. The zero-order valence-corrected chi connectivity index (χ0v) is 17.4. The molecule has 6 heteroatoms. The summed E-state index contributed by atoms with van der Waals surface area (Å²) in [5, 5.41) is 10.7. The number of rotatable bonds is 4. The van der Waals surface area contributed by atoms with Crippen LogP contribution in [0.15, 0.2) is 71.3 Å². The summed E-state index contributed by atoms with van der Waals surface area (Å²) in [6.45, 7) is 6.45. The number of nitrogens with zero attached hydrogens (tertiary/aromatic N) is 1. The van der Waals surface area contributed by atoms with E-state index >= 15 is 0 Å². The lowest BCUT2D eigenvalue weighted by atomic mass is 9.74. The SMILES string of the molecule is C=C(OC)C1=C2c3ccccc3[C@@H](O)C[C@H]2CN(S(=O)(=O)c2ccc(C)cc2)C1. The van der Waals surface area contributed by atoms with Gasteiger partial charge in [0.05, 0.1) is 18.1 Å². The van der Waals surface area contributed by atoms with Crippen LogP contribution in [0.1, 0.15) is 29.2 Å². The fourth-order valence-corrected chi connectivity index (χ4v) is 5.77. The summed E-state index contributed by atoms with van der Waals surface area (Å²) in [7, 11) is -2.13. The van der Waals surface area contributed by atoms with Crippen molar-refractivity contribution < 1.29 is 18.3 Å². The largest absolute Gasteiger partial charge is 0.497 e. The molecule has 1 aliphatic carbocycles. The first-order chi connectivity index (χ1) is 13.8. The van der Waals surface area contributed by atoms with Gasteiger partial charge in [0, 0.05) is 24.6 Å². The molecule has 1 aliphatic heterocycles. The van der Waals surface area contributed by atoms with Crippen LogP contribution < -0.4 is 0 Å². The molecule has 0 aromatic heterocycles. The second-order valence-electron chi connectivity index (χ2n) is 7.67. The van der Waals surface area contributed by atoms with E-state index in [4.69, 9.17) is 4.74 Å². The van der Waals surface area contributed by atoms with Gasteiger partial charge in [-0.05, 0) is 42.2 Å². The highest BCUT2D eigenvalue weighted by molar-refractivity contribution is 7.89. The van der Waals surface area contributed by atoms with Gasteiger partial charge in [-0.2, -0.15) is 4.31 Å². The van der Waals surface area contributed by atoms with Gasteiger partial charge >= 0.3 is 0 Å². The van der Waals surface area contributed by atoms with Crippen molar-refractivity contribution in [1.82, 2.24) is 4.31 Å². The van der Waals surface area contributed by atoms with Gasteiger partial charge in [0.2, 0.25) is 10.0 Å². The Morgan fingerprint density at radius 1 is 1.17 bits per heavy atom. The number of hydrogen-bond donors (Lipinski definition) is 1. The second kappa shape index (κ2) is 7.44. The normalized spacial score (nSPS) is 22.0. The summed E-state index contributed by atoms with van der Waals surface area (Å²) in [4.78, 5) is 0.269. The Labute approximate surface area is 172 Å². The molecule has 0 amide bonds. The lowest BCUT2D eigenvalue weighted by molar-refractivity contribution is 0.141. The second-order valence-corrected chi connectivity index (χ2v) is 9.60. The van der Waals surface area contributed by atoms with E-state index in [2.05, 4.69) is 6.58 Å². The van der Waals surface area contributed by atoms with Crippen molar-refractivity contribution in [2.75, 3.05) is 20.2 Å². The molecule has 1 heterocycles. The third-order valence-electron chi connectivity index (χ3n) is 5.85. The van der Waals surface area contributed by atoms with E-state index in [1.54, 1.807) is 31.4 Å². The molecule has 4 rings (SSSR count). The molecule has 152 valence electrons. The van der Waals surface area contributed by atoms with Crippen LogP contribution in [0.4, 0.5) is 0 Å². The summed E-state index contributed by atoms with van der Waals surface area (Å²) in [6.07, 6.45) is -0.161. The van der Waals surface area contributed by atoms with Crippen LogP contribution in [-0.2, 0) is 14.8 Å². The molecule has 0 spiro atoms. The monoisotopic (exact) mass is 411 g/mol. The fraction of sp³-hybridized carbons (Fsp3) is 0.304. The summed E-state index contributed by atoms with van der Waals surface area (Å²) in [5.74, 6) is 0.329. The van der Waals surface area contributed by atoms with E-state index in [1.165, 1.54) is 4.31 Å². The van der Waals surface area contributed by atoms with Gasteiger partial charge in [0.25, 0.3) is 0 Å². The first kappa shape index (κ1) is 19.9. The Hall–Kier alpha value is -2.41. The Bertz CT molecular complexity index is 1090.